The van der Waals surface area contributed by atoms with Gasteiger partial charge >= 0.3 is 5.89 Å². The molecule has 156 valence electrons. The molecule has 0 N–H and O–H groups in total. The van der Waals surface area contributed by atoms with Gasteiger partial charge in [-0.1, -0.05) is 42.5 Å². The van der Waals surface area contributed by atoms with Gasteiger partial charge in [-0.3, -0.25) is 0 Å². The van der Waals surface area contributed by atoms with Crippen LogP contribution in [0.3, 0.4) is 0 Å². The Morgan fingerprint density at radius 2 is 1.41 bits per heavy atom. The molecule has 0 unspecified atom stereocenters. The molecule has 0 aliphatic carbocycles. The van der Waals surface area contributed by atoms with Gasteiger partial charge in [-0.25, -0.2) is 4.98 Å². The van der Waals surface area contributed by atoms with E-state index in [-0.39, 0.29) is 0 Å². The number of pyridine rings is 1. The highest BCUT2D eigenvalue weighted by atomic mass is 16.4. The number of furan rings is 1. The van der Waals surface area contributed by atoms with Gasteiger partial charge in [0, 0.05) is 22.4 Å². The first-order valence-corrected chi connectivity index (χ1v) is 10.8. The molecule has 0 atom stereocenters. The number of aryl methyl sites for hydroxylation is 4. The Bertz CT molecular complexity index is 1650. The van der Waals surface area contributed by atoms with Gasteiger partial charge in [0.1, 0.15) is 12.6 Å². The summed E-state index contributed by atoms with van der Waals surface area (Å²) in [6.45, 7) is 6.33. The maximum absolute atomic E-state index is 6.43. The molecule has 3 aromatic carbocycles. The maximum atomic E-state index is 6.43. The van der Waals surface area contributed by atoms with Crippen LogP contribution >= 0.6 is 0 Å². The first-order chi connectivity index (χ1) is 15.5. The predicted molar refractivity (Wildman–Crippen MR) is 128 cm³/mol. The van der Waals surface area contributed by atoms with E-state index < -0.39 is 0 Å². The Balaban J connectivity index is 1.64. The summed E-state index contributed by atoms with van der Waals surface area (Å²) in [7, 11) is 2.03. The second kappa shape index (κ2) is 6.79. The molecule has 0 aliphatic heterocycles. The summed E-state index contributed by atoms with van der Waals surface area (Å²) in [5.74, 6) is 0.781. The number of benzene rings is 3. The van der Waals surface area contributed by atoms with Crippen molar-refractivity contribution in [1.82, 2.24) is 4.98 Å². The van der Waals surface area contributed by atoms with Crippen LogP contribution in [-0.4, -0.2) is 4.98 Å². The van der Waals surface area contributed by atoms with Gasteiger partial charge in [-0.15, -0.1) is 0 Å². The van der Waals surface area contributed by atoms with Crippen LogP contribution in [0.4, 0.5) is 0 Å². The fourth-order valence-corrected chi connectivity index (χ4v) is 4.76. The molecule has 0 fully saturated rings. The average molecular weight is 420 g/mol. The lowest BCUT2D eigenvalue weighted by atomic mass is 9.99. The van der Waals surface area contributed by atoms with Gasteiger partial charge in [0.25, 0.3) is 5.52 Å². The molecule has 0 bridgehead atoms. The number of para-hydroxylation sites is 2. The molecule has 0 radical (unpaired) electrons. The molecule has 0 saturated carbocycles. The van der Waals surface area contributed by atoms with E-state index in [9.17, 15) is 0 Å². The monoisotopic (exact) mass is 419 g/mol. The van der Waals surface area contributed by atoms with E-state index in [2.05, 4.69) is 73.9 Å². The third-order valence-electron chi connectivity index (χ3n) is 6.40. The van der Waals surface area contributed by atoms with E-state index in [1.54, 1.807) is 0 Å². The lowest BCUT2D eigenvalue weighted by Gasteiger charge is -2.08. The minimum atomic E-state index is 0.644. The first-order valence-electron chi connectivity index (χ1n) is 10.8. The maximum Gasteiger partial charge on any atom is 0.385 e. The van der Waals surface area contributed by atoms with Gasteiger partial charge in [0.2, 0.25) is 11.3 Å². The van der Waals surface area contributed by atoms with E-state index in [0.717, 1.165) is 55.7 Å². The van der Waals surface area contributed by atoms with Crippen molar-refractivity contribution in [2.24, 2.45) is 7.05 Å². The van der Waals surface area contributed by atoms with Crippen molar-refractivity contribution in [2.45, 2.75) is 20.8 Å². The highest BCUT2D eigenvalue weighted by molar-refractivity contribution is 6.09. The SMILES string of the molecule is Cc1cccc(C)c1-c1ccc2c(n1)oc1c(-c3oc4ccccc4[n+]3C)c(C)ccc12. The third-order valence-corrected chi connectivity index (χ3v) is 6.40. The summed E-state index contributed by atoms with van der Waals surface area (Å²) in [4.78, 5) is 4.93. The highest BCUT2D eigenvalue weighted by Crippen LogP contribution is 2.38. The summed E-state index contributed by atoms with van der Waals surface area (Å²) in [6, 6.07) is 22.8. The second-order valence-electron chi connectivity index (χ2n) is 8.49. The van der Waals surface area contributed by atoms with Crippen molar-refractivity contribution < 1.29 is 13.4 Å². The largest absolute Gasteiger partial charge is 0.437 e. The Kier molecular flexibility index (Phi) is 3.99. The molecular weight excluding hydrogens is 396 g/mol. The number of aromatic nitrogens is 2. The first kappa shape index (κ1) is 18.8. The average Bonchev–Trinajstić information content (AvgIpc) is 3.31. The topological polar surface area (TPSA) is 43.1 Å². The number of nitrogens with zero attached hydrogens (tertiary/aromatic N) is 2. The van der Waals surface area contributed by atoms with Gasteiger partial charge in [0.05, 0.1) is 5.69 Å². The molecule has 6 aromatic rings. The van der Waals surface area contributed by atoms with E-state index >= 15 is 0 Å². The Hall–Kier alpha value is -3.92. The van der Waals surface area contributed by atoms with Crippen LogP contribution in [0.15, 0.2) is 75.6 Å². The molecule has 32 heavy (non-hydrogen) atoms. The molecule has 0 saturated heterocycles. The summed E-state index contributed by atoms with van der Waals surface area (Å²) in [5.41, 5.74) is 9.92. The molecule has 0 spiro atoms. The molecule has 3 heterocycles. The van der Waals surface area contributed by atoms with Crippen LogP contribution in [-0.2, 0) is 7.05 Å². The molecule has 0 amide bonds. The lowest BCUT2D eigenvalue weighted by Crippen LogP contribution is -2.28. The molecule has 6 rings (SSSR count). The Morgan fingerprint density at radius 1 is 0.688 bits per heavy atom. The summed E-state index contributed by atoms with van der Waals surface area (Å²) < 4.78 is 14.8. The van der Waals surface area contributed by atoms with E-state index in [1.165, 1.54) is 11.1 Å². The van der Waals surface area contributed by atoms with Crippen molar-refractivity contribution in [3.63, 3.8) is 0 Å². The lowest BCUT2D eigenvalue weighted by molar-refractivity contribution is -0.637. The fourth-order valence-electron chi connectivity index (χ4n) is 4.76. The predicted octanol–water partition coefficient (Wildman–Crippen LogP) is 6.81. The van der Waals surface area contributed by atoms with Crippen LogP contribution in [0.5, 0.6) is 0 Å². The summed E-state index contributed by atoms with van der Waals surface area (Å²) in [6.07, 6.45) is 0. The number of fused-ring (bicyclic) bond motifs is 4. The zero-order valence-corrected chi connectivity index (χ0v) is 18.6. The molecule has 4 nitrogen and oxygen atoms in total. The van der Waals surface area contributed by atoms with E-state index in [4.69, 9.17) is 13.8 Å². The van der Waals surface area contributed by atoms with Crippen LogP contribution in [0.2, 0.25) is 0 Å². The van der Waals surface area contributed by atoms with E-state index in [1.807, 2.05) is 25.2 Å². The van der Waals surface area contributed by atoms with Crippen molar-refractivity contribution in [3.8, 4) is 22.7 Å². The van der Waals surface area contributed by atoms with Crippen molar-refractivity contribution in [2.75, 3.05) is 0 Å². The zero-order valence-electron chi connectivity index (χ0n) is 18.6. The van der Waals surface area contributed by atoms with Crippen LogP contribution in [0, 0.1) is 20.8 Å². The quantitative estimate of drug-likeness (QED) is 0.290. The number of oxazole rings is 1. The van der Waals surface area contributed by atoms with Crippen LogP contribution in [0.25, 0.3) is 55.9 Å². The smallest absolute Gasteiger partial charge is 0.385 e. The second-order valence-corrected chi connectivity index (χ2v) is 8.49. The van der Waals surface area contributed by atoms with Gasteiger partial charge < -0.3 is 8.83 Å². The van der Waals surface area contributed by atoms with Crippen molar-refractivity contribution >= 4 is 33.2 Å². The van der Waals surface area contributed by atoms with Crippen molar-refractivity contribution in [1.29, 1.82) is 0 Å². The standard InChI is InChI=1S/C28H23N2O2/c1-16-8-7-9-17(2)24(16)21-15-14-20-19-13-12-18(3)25(26(19)32-27(20)29-21)28-30(4)22-10-5-6-11-23(22)31-28/h5-15H,1-4H3/q+1. The minimum absolute atomic E-state index is 0.644. The highest BCUT2D eigenvalue weighted by Gasteiger charge is 2.27. The number of hydrogen-bond acceptors (Lipinski definition) is 3. The third kappa shape index (κ3) is 2.62. The molecule has 0 aliphatic rings. The number of rotatable bonds is 2. The molecular formula is C28H23N2O2+. The Labute approximate surface area is 185 Å². The normalized spacial score (nSPS) is 11.8. The van der Waals surface area contributed by atoms with E-state index in [0.29, 0.717) is 5.71 Å². The minimum Gasteiger partial charge on any atom is -0.437 e. The van der Waals surface area contributed by atoms with Gasteiger partial charge in [0.15, 0.2) is 5.58 Å². The van der Waals surface area contributed by atoms with Crippen LogP contribution < -0.4 is 4.57 Å². The Morgan fingerprint density at radius 3 is 2.19 bits per heavy atom. The van der Waals surface area contributed by atoms with Gasteiger partial charge in [-0.05, 0) is 55.7 Å². The summed E-state index contributed by atoms with van der Waals surface area (Å²) >= 11 is 0. The summed E-state index contributed by atoms with van der Waals surface area (Å²) in [5, 5.41) is 2.05. The van der Waals surface area contributed by atoms with Crippen LogP contribution in [0.1, 0.15) is 16.7 Å². The number of hydrogen-bond donors (Lipinski definition) is 0. The van der Waals surface area contributed by atoms with Crippen molar-refractivity contribution in [3.05, 3.63) is 83.4 Å². The van der Waals surface area contributed by atoms with Gasteiger partial charge in [-0.2, -0.15) is 4.57 Å². The zero-order chi connectivity index (χ0) is 22.0. The fraction of sp³-hybridized carbons (Fsp3) is 0.143. The molecule has 3 aromatic heterocycles. The molecule has 4 heteroatoms.